The summed E-state index contributed by atoms with van der Waals surface area (Å²) >= 11 is 0. The van der Waals surface area contributed by atoms with Crippen LogP contribution in [0.25, 0.3) is 0 Å². The second kappa shape index (κ2) is 7.20. The number of nitrogens with zero attached hydrogens (tertiary/aromatic N) is 1. The van der Waals surface area contributed by atoms with E-state index in [9.17, 15) is 0 Å². The molecule has 3 nitrogen and oxygen atoms in total. The van der Waals surface area contributed by atoms with Crippen LogP contribution in [0.15, 0.2) is 0 Å². The van der Waals surface area contributed by atoms with Crippen LogP contribution in [-0.4, -0.2) is 49.8 Å². The molecule has 3 heteroatoms. The van der Waals surface area contributed by atoms with Gasteiger partial charge in [0.15, 0.2) is 0 Å². The summed E-state index contributed by atoms with van der Waals surface area (Å²) in [5.74, 6) is 0. The number of ether oxygens (including phenoxy) is 1. The van der Waals surface area contributed by atoms with Gasteiger partial charge in [-0.05, 0) is 32.9 Å². The predicted molar refractivity (Wildman–Crippen MR) is 64.2 cm³/mol. The molecule has 15 heavy (non-hydrogen) atoms. The molecule has 0 aromatic heterocycles. The highest BCUT2D eigenvalue weighted by molar-refractivity contribution is 4.81. The zero-order valence-electron chi connectivity index (χ0n) is 10.5. The molecule has 0 heterocycles. The second-order valence-corrected chi connectivity index (χ2v) is 4.39. The average molecular weight is 214 g/mol. The molecule has 0 amide bonds. The maximum absolute atomic E-state index is 5.75. The molecule has 0 aromatic carbocycles. The number of nitrogens with one attached hydrogen (secondary N) is 1. The first-order valence-electron chi connectivity index (χ1n) is 6.33. The second-order valence-electron chi connectivity index (χ2n) is 4.39. The topological polar surface area (TPSA) is 24.5 Å². The molecular formula is C12H26N2O. The molecule has 1 rings (SSSR count). The smallest absolute Gasteiger partial charge is 0.0672 e. The van der Waals surface area contributed by atoms with Crippen molar-refractivity contribution in [2.75, 3.05) is 32.8 Å². The van der Waals surface area contributed by atoms with Crippen LogP contribution in [-0.2, 0) is 4.74 Å². The lowest BCUT2D eigenvalue weighted by Crippen LogP contribution is -2.32. The third-order valence-corrected chi connectivity index (χ3v) is 2.98. The third-order valence-electron chi connectivity index (χ3n) is 2.98. The lowest BCUT2D eigenvalue weighted by Gasteiger charge is -2.20. The van der Waals surface area contributed by atoms with Crippen LogP contribution in [0.2, 0.25) is 0 Å². The molecule has 1 aliphatic rings. The first-order chi connectivity index (χ1) is 7.26. The summed E-state index contributed by atoms with van der Waals surface area (Å²) in [6, 6.07) is 0.791. The minimum absolute atomic E-state index is 0.348. The minimum atomic E-state index is 0.348. The van der Waals surface area contributed by atoms with Gasteiger partial charge < -0.3 is 15.0 Å². The number of hydrogen-bond donors (Lipinski definition) is 1. The van der Waals surface area contributed by atoms with Crippen molar-refractivity contribution in [3.8, 4) is 0 Å². The zero-order valence-corrected chi connectivity index (χ0v) is 10.5. The van der Waals surface area contributed by atoms with E-state index in [1.807, 2.05) is 0 Å². The molecule has 0 radical (unpaired) electrons. The van der Waals surface area contributed by atoms with Gasteiger partial charge >= 0.3 is 0 Å². The Hall–Kier alpha value is -0.120. The van der Waals surface area contributed by atoms with E-state index in [0.717, 1.165) is 38.8 Å². The van der Waals surface area contributed by atoms with E-state index in [4.69, 9.17) is 4.74 Å². The Bertz CT molecular complexity index is 156. The number of hydrogen-bond acceptors (Lipinski definition) is 3. The summed E-state index contributed by atoms with van der Waals surface area (Å²) < 4.78 is 5.75. The van der Waals surface area contributed by atoms with Gasteiger partial charge in [0.05, 0.1) is 12.7 Å². The van der Waals surface area contributed by atoms with Gasteiger partial charge in [-0.25, -0.2) is 0 Å². The molecule has 1 N–H and O–H groups in total. The first-order valence-corrected chi connectivity index (χ1v) is 6.33. The molecule has 0 spiro atoms. The fraction of sp³-hybridized carbons (Fsp3) is 1.00. The Labute approximate surface area is 94.2 Å². The van der Waals surface area contributed by atoms with Gasteiger partial charge in [0, 0.05) is 19.1 Å². The number of likely N-dealkylation sites (N-methyl/N-ethyl adjacent to an activating group) is 1. The van der Waals surface area contributed by atoms with Gasteiger partial charge in [-0.15, -0.1) is 0 Å². The summed E-state index contributed by atoms with van der Waals surface area (Å²) in [4.78, 5) is 2.39. The fourth-order valence-electron chi connectivity index (χ4n) is 1.60. The Kier molecular flexibility index (Phi) is 6.22. The van der Waals surface area contributed by atoms with Crippen LogP contribution in [0.3, 0.4) is 0 Å². The molecule has 1 fully saturated rings. The highest BCUT2D eigenvalue weighted by Gasteiger charge is 2.20. The molecular weight excluding hydrogens is 188 g/mol. The van der Waals surface area contributed by atoms with Crippen LogP contribution < -0.4 is 5.32 Å². The highest BCUT2D eigenvalue weighted by atomic mass is 16.5. The summed E-state index contributed by atoms with van der Waals surface area (Å²) in [5.41, 5.74) is 0. The quantitative estimate of drug-likeness (QED) is 0.629. The van der Waals surface area contributed by atoms with E-state index in [1.54, 1.807) is 0 Å². The van der Waals surface area contributed by atoms with Crippen LogP contribution in [0.5, 0.6) is 0 Å². The molecule has 0 bridgehead atoms. The predicted octanol–water partition coefficient (Wildman–Crippen LogP) is 1.49. The van der Waals surface area contributed by atoms with Crippen molar-refractivity contribution in [3.05, 3.63) is 0 Å². The van der Waals surface area contributed by atoms with E-state index in [-0.39, 0.29) is 0 Å². The molecule has 1 atom stereocenters. The highest BCUT2D eigenvalue weighted by Crippen LogP contribution is 2.18. The van der Waals surface area contributed by atoms with Crippen molar-refractivity contribution in [1.29, 1.82) is 0 Å². The molecule has 0 aromatic rings. The fourth-order valence-corrected chi connectivity index (χ4v) is 1.60. The first kappa shape index (κ1) is 12.9. The average Bonchev–Trinajstić information content (AvgIpc) is 3.05. The normalized spacial score (nSPS) is 18.4. The van der Waals surface area contributed by atoms with Crippen LogP contribution in [0.1, 0.15) is 33.6 Å². The van der Waals surface area contributed by atoms with Gasteiger partial charge in [0.2, 0.25) is 0 Å². The van der Waals surface area contributed by atoms with Crippen molar-refractivity contribution >= 4 is 0 Å². The summed E-state index contributed by atoms with van der Waals surface area (Å²) in [7, 11) is 0. The van der Waals surface area contributed by atoms with Crippen molar-refractivity contribution in [3.63, 3.8) is 0 Å². The Balaban J connectivity index is 1.92. The van der Waals surface area contributed by atoms with E-state index in [2.05, 4.69) is 31.0 Å². The minimum Gasteiger partial charge on any atom is -0.376 e. The monoisotopic (exact) mass is 214 g/mol. The summed E-state index contributed by atoms with van der Waals surface area (Å²) in [6.07, 6.45) is 3.05. The van der Waals surface area contributed by atoms with Gasteiger partial charge in [0.25, 0.3) is 0 Å². The van der Waals surface area contributed by atoms with Crippen LogP contribution in [0.4, 0.5) is 0 Å². The van der Waals surface area contributed by atoms with E-state index in [1.165, 1.54) is 12.8 Å². The van der Waals surface area contributed by atoms with Gasteiger partial charge in [-0.3, -0.25) is 0 Å². The lowest BCUT2D eigenvalue weighted by atomic mass is 10.4. The summed E-state index contributed by atoms with van der Waals surface area (Å²) in [5, 5.41) is 3.48. The van der Waals surface area contributed by atoms with Crippen LogP contribution >= 0.6 is 0 Å². The Morgan fingerprint density at radius 1 is 1.33 bits per heavy atom. The Morgan fingerprint density at radius 3 is 2.53 bits per heavy atom. The molecule has 1 saturated carbocycles. The maximum atomic E-state index is 5.75. The molecule has 90 valence electrons. The standard InChI is InChI=1S/C12H26N2O/c1-4-14(5-2)8-9-15-11(3)10-13-12-6-7-12/h11-13H,4-10H2,1-3H3. The largest absolute Gasteiger partial charge is 0.376 e. The van der Waals surface area contributed by atoms with E-state index < -0.39 is 0 Å². The van der Waals surface area contributed by atoms with E-state index in [0.29, 0.717) is 6.10 Å². The van der Waals surface area contributed by atoms with Gasteiger partial charge in [-0.1, -0.05) is 13.8 Å². The Morgan fingerprint density at radius 2 is 2.00 bits per heavy atom. The molecule has 0 saturated heterocycles. The zero-order chi connectivity index (χ0) is 11.1. The third kappa shape index (κ3) is 6.13. The van der Waals surface area contributed by atoms with Gasteiger partial charge in [-0.2, -0.15) is 0 Å². The maximum Gasteiger partial charge on any atom is 0.0672 e. The van der Waals surface area contributed by atoms with Crippen molar-refractivity contribution < 1.29 is 4.74 Å². The SMILES string of the molecule is CCN(CC)CCOC(C)CNC1CC1. The lowest BCUT2D eigenvalue weighted by molar-refractivity contribution is 0.0500. The van der Waals surface area contributed by atoms with Gasteiger partial charge in [0.1, 0.15) is 0 Å². The molecule has 1 aliphatic carbocycles. The van der Waals surface area contributed by atoms with Crippen LogP contribution in [0, 0.1) is 0 Å². The molecule has 0 aliphatic heterocycles. The van der Waals surface area contributed by atoms with E-state index >= 15 is 0 Å². The van der Waals surface area contributed by atoms with Crippen molar-refractivity contribution in [2.45, 2.75) is 45.8 Å². The number of rotatable bonds is 9. The van der Waals surface area contributed by atoms with Crippen molar-refractivity contribution in [2.24, 2.45) is 0 Å². The summed E-state index contributed by atoms with van der Waals surface area (Å²) in [6.45, 7) is 11.7. The van der Waals surface area contributed by atoms with Crippen molar-refractivity contribution in [1.82, 2.24) is 10.2 Å². The molecule has 1 unspecified atom stereocenters.